The quantitative estimate of drug-likeness (QED) is 0.154. The fraction of sp³-hybridized carbons (Fsp3) is 0.0308. The van der Waals surface area contributed by atoms with Crippen LogP contribution in [0, 0.1) is 70.5 Å². The van der Waals surface area contributed by atoms with Crippen LogP contribution in [0.1, 0.15) is 39.3 Å². The van der Waals surface area contributed by atoms with Crippen LogP contribution in [0.4, 0.5) is 0 Å². The van der Waals surface area contributed by atoms with E-state index >= 15 is 0 Å². The van der Waals surface area contributed by atoms with Gasteiger partial charge in [-0.1, -0.05) is 97.1 Å². The van der Waals surface area contributed by atoms with Gasteiger partial charge in [0.1, 0.15) is 11.9 Å². The summed E-state index contributed by atoms with van der Waals surface area (Å²) in [5, 5.41) is 54.1. The zero-order chi connectivity index (χ0) is 50.6. The number of hydrogen-bond donors (Lipinski definition) is 0. The summed E-state index contributed by atoms with van der Waals surface area (Å²) < 4.78 is 4.41. The lowest BCUT2D eigenvalue weighted by Gasteiger charge is -2.19. The maximum absolute atomic E-state index is 11.6. The second kappa shape index (κ2) is 17.8. The molecule has 3 aromatic heterocycles. The lowest BCUT2D eigenvalue weighted by atomic mass is 10.0. The Bertz CT molecular complexity index is 4270. The van der Waals surface area contributed by atoms with Crippen LogP contribution in [0.5, 0.6) is 0 Å². The van der Waals surface area contributed by atoms with Gasteiger partial charge in [-0.05, 0) is 149 Å². The number of hydrogen-bond acceptors (Lipinski definition) is 7. The minimum atomic E-state index is 0.416. The van der Waals surface area contributed by atoms with Crippen molar-refractivity contribution in [3.8, 4) is 97.5 Å². The summed E-state index contributed by atoms with van der Waals surface area (Å²) >= 11 is 0. The molecule has 0 aliphatic heterocycles. The average molecular weight is 944 g/mol. The molecule has 74 heavy (non-hydrogen) atoms. The van der Waals surface area contributed by atoms with Gasteiger partial charge in [-0.25, -0.2) is 9.97 Å². The smallest absolute Gasteiger partial charge is 0.126 e. The van der Waals surface area contributed by atoms with Crippen LogP contribution >= 0.6 is 0 Å². The maximum Gasteiger partial charge on any atom is 0.126 e. The molecule has 0 unspecified atom stereocenters. The fourth-order valence-corrected chi connectivity index (χ4v) is 10.3. The van der Waals surface area contributed by atoms with Crippen molar-refractivity contribution in [2.24, 2.45) is 0 Å². The molecular weight excluding hydrogens is 907 g/mol. The Labute approximate surface area is 425 Å². The number of rotatable bonds is 7. The molecule has 9 heteroatoms. The first-order chi connectivity index (χ1) is 36.2. The summed E-state index contributed by atoms with van der Waals surface area (Å²) in [5.74, 6) is 0.598. The summed E-state index contributed by atoms with van der Waals surface area (Å²) in [6, 6.07) is 73.4. The van der Waals surface area contributed by atoms with Crippen molar-refractivity contribution in [1.82, 2.24) is 19.1 Å². The highest BCUT2D eigenvalue weighted by Gasteiger charge is 2.24. The summed E-state index contributed by atoms with van der Waals surface area (Å²) in [6.45, 7) is 3.84. The first-order valence-corrected chi connectivity index (χ1v) is 23.8. The molecule has 12 aromatic rings. The molecule has 9 aromatic carbocycles. The van der Waals surface area contributed by atoms with Crippen molar-refractivity contribution < 1.29 is 0 Å². The summed E-state index contributed by atoms with van der Waals surface area (Å²) in [7, 11) is 0. The lowest BCUT2D eigenvalue weighted by Crippen LogP contribution is -2.05. The van der Waals surface area contributed by atoms with E-state index in [2.05, 4.69) is 118 Å². The number of nitriles is 5. The van der Waals surface area contributed by atoms with Crippen LogP contribution in [0.15, 0.2) is 188 Å². The van der Waals surface area contributed by atoms with E-state index in [1.165, 1.54) is 0 Å². The minimum absolute atomic E-state index is 0.416. The molecule has 0 amide bonds. The summed E-state index contributed by atoms with van der Waals surface area (Å²) in [6.07, 6.45) is 0. The van der Waals surface area contributed by atoms with E-state index in [0.717, 1.165) is 105 Å². The molecule has 0 atom stereocenters. The number of aromatic nitrogens is 4. The van der Waals surface area contributed by atoms with Crippen LogP contribution in [-0.4, -0.2) is 19.1 Å². The average Bonchev–Trinajstić information content (AvgIpc) is 3.95. The lowest BCUT2D eigenvalue weighted by molar-refractivity contribution is 1.01. The Balaban J connectivity index is 1.19. The Morgan fingerprint density at radius 1 is 0.324 bits per heavy atom. The zero-order valence-corrected chi connectivity index (χ0v) is 39.9. The highest BCUT2D eigenvalue weighted by atomic mass is 15.0. The third-order valence-electron chi connectivity index (χ3n) is 13.9. The van der Waals surface area contributed by atoms with Gasteiger partial charge in [0.15, 0.2) is 0 Å². The van der Waals surface area contributed by atoms with Gasteiger partial charge in [-0.15, -0.1) is 0 Å². The molecule has 0 aliphatic carbocycles. The Kier molecular flexibility index (Phi) is 10.7. The van der Waals surface area contributed by atoms with E-state index in [-0.39, 0.29) is 0 Å². The topological polar surface area (TPSA) is 155 Å². The normalized spacial score (nSPS) is 11.0. The van der Waals surface area contributed by atoms with Crippen molar-refractivity contribution in [2.75, 3.05) is 0 Å². The van der Waals surface area contributed by atoms with Crippen molar-refractivity contribution in [2.45, 2.75) is 13.8 Å². The highest BCUT2D eigenvalue weighted by molar-refractivity contribution is 6.13. The molecule has 342 valence electrons. The molecule has 0 spiro atoms. The molecule has 12 rings (SSSR count). The van der Waals surface area contributed by atoms with Gasteiger partial charge >= 0.3 is 0 Å². The number of nitrogens with zero attached hydrogens (tertiary/aromatic N) is 9. The van der Waals surface area contributed by atoms with E-state index in [0.29, 0.717) is 45.0 Å². The molecule has 0 radical (unpaired) electrons. The number of benzene rings is 9. The van der Waals surface area contributed by atoms with Gasteiger partial charge in [0.05, 0.1) is 91.2 Å². The first-order valence-electron chi connectivity index (χ1n) is 23.8. The van der Waals surface area contributed by atoms with Gasteiger partial charge in [-0.3, -0.25) is 0 Å². The van der Waals surface area contributed by atoms with Gasteiger partial charge in [0.25, 0.3) is 0 Å². The van der Waals surface area contributed by atoms with Crippen LogP contribution in [0.25, 0.3) is 111 Å². The third kappa shape index (κ3) is 7.54. The number of fused-ring (bicyclic) bond motifs is 6. The molecule has 0 fully saturated rings. The molecule has 0 bridgehead atoms. The van der Waals surface area contributed by atoms with E-state index in [1.54, 1.807) is 0 Å². The molecule has 0 saturated heterocycles. The van der Waals surface area contributed by atoms with Gasteiger partial charge < -0.3 is 9.13 Å². The predicted octanol–water partition coefficient (Wildman–Crippen LogP) is 15.0. The Morgan fingerprint density at radius 3 is 0.959 bits per heavy atom. The van der Waals surface area contributed by atoms with Crippen molar-refractivity contribution >= 4 is 43.6 Å². The van der Waals surface area contributed by atoms with E-state index in [1.807, 2.05) is 123 Å². The second-order valence-corrected chi connectivity index (χ2v) is 18.3. The van der Waals surface area contributed by atoms with Crippen LogP contribution in [0.2, 0.25) is 0 Å². The first kappa shape index (κ1) is 44.3. The Morgan fingerprint density at radius 2 is 0.649 bits per heavy atom. The van der Waals surface area contributed by atoms with E-state index in [4.69, 9.17) is 9.97 Å². The Hall–Kier alpha value is -10.9. The highest BCUT2D eigenvalue weighted by Crippen LogP contribution is 2.43. The van der Waals surface area contributed by atoms with Gasteiger partial charge in [-0.2, -0.15) is 26.3 Å². The monoisotopic (exact) mass is 943 g/mol. The van der Waals surface area contributed by atoms with Crippen molar-refractivity contribution in [1.29, 1.82) is 26.3 Å². The summed E-state index contributed by atoms with van der Waals surface area (Å²) in [4.78, 5) is 9.82. The largest absolute Gasteiger partial charge is 0.308 e. The molecule has 9 nitrogen and oxygen atoms in total. The van der Waals surface area contributed by atoms with Crippen LogP contribution < -0.4 is 0 Å². The third-order valence-corrected chi connectivity index (χ3v) is 13.9. The molecule has 0 N–H and O–H groups in total. The van der Waals surface area contributed by atoms with E-state index < -0.39 is 0 Å². The molecule has 0 saturated carbocycles. The maximum atomic E-state index is 11.6. The van der Waals surface area contributed by atoms with Crippen molar-refractivity contribution in [3.05, 3.63) is 227 Å². The van der Waals surface area contributed by atoms with E-state index in [9.17, 15) is 26.3 Å². The minimum Gasteiger partial charge on any atom is -0.308 e. The van der Waals surface area contributed by atoms with Crippen molar-refractivity contribution in [3.63, 3.8) is 0 Å². The zero-order valence-electron chi connectivity index (χ0n) is 39.9. The fourth-order valence-electron chi connectivity index (χ4n) is 10.3. The van der Waals surface area contributed by atoms with Crippen LogP contribution in [0.3, 0.4) is 0 Å². The molecular formula is C65H37N9. The molecule has 0 aliphatic rings. The summed E-state index contributed by atoms with van der Waals surface area (Å²) in [5.41, 5.74) is 17.4. The SMILES string of the molecule is Cc1cc(-c2cc(-n3c4cc(-c5ccc(C#N)cc5)ccc4c4ccc(-c5ccc(C#N)cc5)cc43)c(C#N)cc2-n2c3cc(-c4ccc(C#N)cc4)ccc3c3ccc(-c4ccc(C#N)cc4)cc32)nc(C)n1. The van der Waals surface area contributed by atoms with Gasteiger partial charge in [0, 0.05) is 32.8 Å². The standard InChI is InChI=1S/C65H37N9/c1-39-27-59(72-40(2)71-39)58-33-60(73-61-28-49(45-11-3-41(34-66)4-12-45)19-23-54(61)55-24-20-50(29-62(55)73)46-13-5-42(35-67)6-14-46)53(38-70)32-65(58)74-63-30-51(47-15-7-43(36-68)8-16-47)21-25-56(63)57-26-22-52(31-64(57)74)48-17-9-44(37-69)10-18-48/h3-33H,1-2H3. The predicted molar refractivity (Wildman–Crippen MR) is 291 cm³/mol. The van der Waals surface area contributed by atoms with Gasteiger partial charge in [0.2, 0.25) is 0 Å². The second-order valence-electron chi connectivity index (χ2n) is 18.3. The van der Waals surface area contributed by atoms with Crippen LogP contribution in [-0.2, 0) is 0 Å². The molecule has 3 heterocycles. The number of aryl methyl sites for hydroxylation is 2.